The van der Waals surface area contributed by atoms with E-state index in [9.17, 15) is 0 Å². The summed E-state index contributed by atoms with van der Waals surface area (Å²) in [6.07, 6.45) is 2.08. The van der Waals surface area contributed by atoms with Gasteiger partial charge in [-0.2, -0.15) is 6.42 Å². The molecule has 0 fully saturated rings. The fraction of sp³-hybridized carbons (Fsp3) is 0.909. The van der Waals surface area contributed by atoms with E-state index in [1.165, 1.54) is 6.04 Å². The molecule has 14 heavy (non-hydrogen) atoms. The van der Waals surface area contributed by atoms with Crippen molar-refractivity contribution in [2.24, 2.45) is 5.41 Å². The van der Waals surface area contributed by atoms with Crippen LogP contribution >= 0.6 is 0 Å². The van der Waals surface area contributed by atoms with Crippen molar-refractivity contribution in [1.82, 2.24) is 0 Å². The molecule has 0 aliphatic carbocycles. The molecule has 80 valence electrons. The van der Waals surface area contributed by atoms with Gasteiger partial charge in [0.2, 0.25) is 0 Å². The molecular formula is C11H25LiOSi. The predicted molar refractivity (Wildman–Crippen MR) is 62.3 cm³/mol. The maximum atomic E-state index is 5.94. The van der Waals surface area contributed by atoms with Gasteiger partial charge < -0.3 is 11.3 Å². The molecule has 0 aromatic heterocycles. The van der Waals surface area contributed by atoms with Gasteiger partial charge >= 0.3 is 18.9 Å². The second kappa shape index (κ2) is 7.11. The largest absolute Gasteiger partial charge is 1.00 e. The summed E-state index contributed by atoms with van der Waals surface area (Å²) < 4.78 is 5.94. The van der Waals surface area contributed by atoms with E-state index < -0.39 is 8.32 Å². The van der Waals surface area contributed by atoms with Gasteiger partial charge in [0.05, 0.1) is 0 Å². The van der Waals surface area contributed by atoms with Crippen LogP contribution in [0.3, 0.4) is 0 Å². The minimum absolute atomic E-state index is 0. The third-order valence-electron chi connectivity index (χ3n) is 1.84. The Hall–Kier alpha value is 0.774. The second-order valence-electron chi connectivity index (χ2n) is 5.55. The van der Waals surface area contributed by atoms with Crippen molar-refractivity contribution in [1.29, 1.82) is 0 Å². The first-order valence-electron chi connectivity index (χ1n) is 5.20. The molecular weight excluding hydrogens is 183 g/mol. The van der Waals surface area contributed by atoms with Crippen LogP contribution in [0.5, 0.6) is 0 Å². The fourth-order valence-corrected chi connectivity index (χ4v) is 5.13. The summed E-state index contributed by atoms with van der Waals surface area (Å²) in [5.74, 6) is 0. The van der Waals surface area contributed by atoms with E-state index in [1.807, 2.05) is 0 Å². The van der Waals surface area contributed by atoms with Gasteiger partial charge in [-0.3, -0.25) is 0 Å². The van der Waals surface area contributed by atoms with Crippen molar-refractivity contribution in [3.63, 3.8) is 0 Å². The number of hydrogen-bond donors (Lipinski definition) is 0. The van der Waals surface area contributed by atoms with Crippen molar-refractivity contribution < 1.29 is 23.3 Å². The Bertz CT molecular complexity index is 141. The molecule has 0 N–H and O–H groups in total. The van der Waals surface area contributed by atoms with Gasteiger partial charge in [0.25, 0.3) is 0 Å². The van der Waals surface area contributed by atoms with E-state index in [0.29, 0.717) is 5.41 Å². The average Bonchev–Trinajstić information content (AvgIpc) is 1.81. The minimum Gasteiger partial charge on any atom is -0.417 e. The average molecular weight is 208 g/mol. The molecule has 0 saturated carbocycles. The molecule has 0 amide bonds. The monoisotopic (exact) mass is 208 g/mol. The Labute approximate surface area is 103 Å². The minimum atomic E-state index is -1.40. The number of hydrogen-bond acceptors (Lipinski definition) is 1. The quantitative estimate of drug-likeness (QED) is 0.370. The van der Waals surface area contributed by atoms with Crippen LogP contribution in [0.15, 0.2) is 0 Å². The van der Waals surface area contributed by atoms with Crippen molar-refractivity contribution in [2.45, 2.75) is 52.8 Å². The third kappa shape index (κ3) is 10.9. The van der Waals surface area contributed by atoms with Gasteiger partial charge in [0.1, 0.15) is 0 Å². The molecule has 0 aliphatic rings. The van der Waals surface area contributed by atoms with Crippen molar-refractivity contribution in [3.8, 4) is 0 Å². The Morgan fingerprint density at radius 2 is 1.71 bits per heavy atom. The summed E-state index contributed by atoms with van der Waals surface area (Å²) >= 11 is 0. The van der Waals surface area contributed by atoms with E-state index in [2.05, 4.69) is 40.8 Å². The summed E-state index contributed by atoms with van der Waals surface area (Å²) in [5, 5.41) is 0. The van der Waals surface area contributed by atoms with Crippen molar-refractivity contribution in [3.05, 3.63) is 6.92 Å². The van der Waals surface area contributed by atoms with E-state index in [-0.39, 0.29) is 18.9 Å². The smallest absolute Gasteiger partial charge is 0.417 e. The molecule has 0 aromatic carbocycles. The van der Waals surface area contributed by atoms with Crippen LogP contribution in [0.4, 0.5) is 0 Å². The summed E-state index contributed by atoms with van der Waals surface area (Å²) in [5.41, 5.74) is 0.403. The van der Waals surface area contributed by atoms with Crippen LogP contribution in [0.1, 0.15) is 33.6 Å². The topological polar surface area (TPSA) is 9.23 Å². The van der Waals surface area contributed by atoms with Crippen LogP contribution in [-0.2, 0) is 4.43 Å². The standard InChI is InChI=1S/C11H25OSi.Li/c1-7-8-9-12-13(5,6)10-11(2,3)4;/h1,7-10H2,2-6H3;/q-1;+1. The maximum Gasteiger partial charge on any atom is 1.00 e. The third-order valence-corrected chi connectivity index (χ3v) is 4.74. The van der Waals surface area contributed by atoms with E-state index in [4.69, 9.17) is 4.43 Å². The molecule has 0 rings (SSSR count). The Kier molecular flexibility index (Phi) is 8.73. The molecule has 0 spiro atoms. The van der Waals surface area contributed by atoms with E-state index >= 15 is 0 Å². The Morgan fingerprint density at radius 1 is 1.21 bits per heavy atom. The van der Waals surface area contributed by atoms with Crippen molar-refractivity contribution in [2.75, 3.05) is 6.61 Å². The van der Waals surface area contributed by atoms with Gasteiger partial charge in [0.15, 0.2) is 8.32 Å². The Morgan fingerprint density at radius 3 is 2.07 bits per heavy atom. The van der Waals surface area contributed by atoms with Crippen molar-refractivity contribution >= 4 is 8.32 Å². The predicted octanol–water partition coefficient (Wildman–Crippen LogP) is 0.872. The summed E-state index contributed by atoms with van der Waals surface area (Å²) in [6.45, 7) is 16.2. The van der Waals surface area contributed by atoms with E-state index in [1.54, 1.807) is 0 Å². The van der Waals surface area contributed by atoms with Gasteiger partial charge in [-0.15, -0.1) is 0 Å². The second-order valence-corrected chi connectivity index (χ2v) is 9.71. The first-order chi connectivity index (χ1) is 5.77. The number of unbranched alkanes of at least 4 members (excludes halogenated alkanes) is 1. The molecule has 0 radical (unpaired) electrons. The molecule has 0 atom stereocenters. The molecule has 0 aliphatic heterocycles. The number of rotatable bonds is 5. The molecule has 0 bridgehead atoms. The van der Waals surface area contributed by atoms with Gasteiger partial charge in [-0.05, 0) is 24.6 Å². The first-order valence-corrected chi connectivity index (χ1v) is 8.32. The maximum absolute atomic E-state index is 5.94. The van der Waals surface area contributed by atoms with Gasteiger partial charge in [-0.25, -0.2) is 0 Å². The SMILES string of the molecule is [CH2-]CCCO[Si](C)(C)CC(C)(C)C.[Li+]. The summed E-state index contributed by atoms with van der Waals surface area (Å²) in [6, 6.07) is 1.23. The van der Waals surface area contributed by atoms with Gasteiger partial charge in [-0.1, -0.05) is 27.2 Å². The van der Waals surface area contributed by atoms with Crippen LogP contribution in [0.2, 0.25) is 19.1 Å². The molecule has 3 heteroatoms. The zero-order valence-electron chi connectivity index (χ0n) is 10.9. The summed E-state index contributed by atoms with van der Waals surface area (Å²) in [4.78, 5) is 0. The van der Waals surface area contributed by atoms with Crippen LogP contribution in [-0.4, -0.2) is 14.9 Å². The molecule has 0 heterocycles. The molecule has 0 unspecified atom stereocenters. The normalized spacial score (nSPS) is 12.4. The van der Waals surface area contributed by atoms with Crippen LogP contribution < -0.4 is 18.9 Å². The molecule has 0 saturated heterocycles. The fourth-order valence-electron chi connectivity index (χ4n) is 1.78. The zero-order valence-corrected chi connectivity index (χ0v) is 11.9. The molecule has 0 aromatic rings. The van der Waals surface area contributed by atoms with Crippen LogP contribution in [0, 0.1) is 12.3 Å². The Balaban J connectivity index is 0. The summed E-state index contributed by atoms with van der Waals surface area (Å²) in [7, 11) is -1.40. The zero-order chi connectivity index (χ0) is 10.5. The van der Waals surface area contributed by atoms with Crippen LogP contribution in [0.25, 0.3) is 0 Å². The molecule has 1 nitrogen and oxygen atoms in total. The van der Waals surface area contributed by atoms with E-state index in [0.717, 1.165) is 19.4 Å². The first kappa shape index (κ1) is 17.2. The van der Waals surface area contributed by atoms with Gasteiger partial charge in [0, 0.05) is 6.61 Å².